The Morgan fingerprint density at radius 1 is 1.27 bits per heavy atom. The molecule has 0 aromatic heterocycles. The average Bonchev–Trinajstić information content (AvgIpc) is 2.01. The fraction of sp³-hybridized carbons (Fsp3) is 1.00. The first-order valence-electron chi connectivity index (χ1n) is 4.42. The van der Waals surface area contributed by atoms with Crippen LogP contribution in [0.5, 0.6) is 0 Å². The molecular formula is C8H15IN2. The molecule has 1 aliphatic carbocycles. The molecule has 2 N–H and O–H groups in total. The van der Waals surface area contributed by atoms with E-state index in [4.69, 9.17) is 0 Å². The van der Waals surface area contributed by atoms with E-state index >= 15 is 0 Å². The van der Waals surface area contributed by atoms with Crippen molar-refractivity contribution in [3.63, 3.8) is 0 Å². The Hall–Kier alpha value is 0.650. The molecule has 1 aliphatic heterocycles. The van der Waals surface area contributed by atoms with Crippen LogP contribution in [0.3, 0.4) is 0 Å². The van der Waals surface area contributed by atoms with E-state index in [1.54, 1.807) is 0 Å². The van der Waals surface area contributed by atoms with Gasteiger partial charge in [-0.15, -0.1) is 0 Å². The third kappa shape index (κ3) is 1.55. The Morgan fingerprint density at radius 3 is 2.45 bits per heavy atom. The Morgan fingerprint density at radius 2 is 1.91 bits per heavy atom. The second-order valence-electron chi connectivity index (χ2n) is 3.96. The number of piperidine rings is 1. The molecule has 1 spiro atoms. The van der Waals surface area contributed by atoms with Gasteiger partial charge in [-0.2, -0.15) is 0 Å². The molecule has 0 bridgehead atoms. The van der Waals surface area contributed by atoms with Crippen LogP contribution in [0.2, 0.25) is 0 Å². The minimum atomic E-state index is 0.744. The number of nitrogens with one attached hydrogen (secondary N) is 2. The molecule has 2 nitrogen and oxygen atoms in total. The lowest BCUT2D eigenvalue weighted by Gasteiger charge is -2.50. The molecule has 0 atom stereocenters. The highest BCUT2D eigenvalue weighted by molar-refractivity contribution is 14.1. The number of hydrogen-bond donors (Lipinski definition) is 2. The predicted octanol–water partition coefficient (Wildman–Crippen LogP) is 1.46. The molecule has 1 saturated heterocycles. The highest BCUT2D eigenvalue weighted by Crippen LogP contribution is 2.47. The first kappa shape index (κ1) is 8.26. The van der Waals surface area contributed by atoms with Gasteiger partial charge in [0.1, 0.15) is 0 Å². The van der Waals surface area contributed by atoms with Gasteiger partial charge in [0.2, 0.25) is 0 Å². The zero-order valence-corrected chi connectivity index (χ0v) is 8.86. The summed E-state index contributed by atoms with van der Waals surface area (Å²) in [5.74, 6) is 0. The molecule has 1 heterocycles. The van der Waals surface area contributed by atoms with Gasteiger partial charge in [0.15, 0.2) is 0 Å². The maximum atomic E-state index is 3.42. The van der Waals surface area contributed by atoms with Crippen LogP contribution in [-0.2, 0) is 0 Å². The molecule has 2 rings (SSSR count). The van der Waals surface area contributed by atoms with Crippen molar-refractivity contribution in [2.24, 2.45) is 5.41 Å². The molecule has 11 heavy (non-hydrogen) atoms. The highest BCUT2D eigenvalue weighted by Gasteiger charge is 2.43. The summed E-state index contributed by atoms with van der Waals surface area (Å²) in [6.45, 7) is 2.49. The Balaban J connectivity index is 1.84. The monoisotopic (exact) mass is 266 g/mol. The van der Waals surface area contributed by atoms with Gasteiger partial charge >= 0.3 is 0 Å². The van der Waals surface area contributed by atoms with Gasteiger partial charge in [-0.05, 0) is 44.2 Å². The van der Waals surface area contributed by atoms with E-state index in [0.29, 0.717) is 0 Å². The lowest BCUT2D eigenvalue weighted by Crippen LogP contribution is -2.50. The Kier molecular flexibility index (Phi) is 2.39. The van der Waals surface area contributed by atoms with Crippen molar-refractivity contribution in [2.45, 2.75) is 31.7 Å². The summed E-state index contributed by atoms with van der Waals surface area (Å²) in [4.78, 5) is 0. The van der Waals surface area contributed by atoms with Crippen LogP contribution >= 0.6 is 22.9 Å². The van der Waals surface area contributed by atoms with Crippen molar-refractivity contribution in [1.29, 1.82) is 0 Å². The van der Waals surface area contributed by atoms with E-state index in [-0.39, 0.29) is 0 Å². The summed E-state index contributed by atoms with van der Waals surface area (Å²) in [5.41, 5.74) is 0.744. The van der Waals surface area contributed by atoms with E-state index in [2.05, 4.69) is 31.7 Å². The minimum absolute atomic E-state index is 0.744. The molecule has 0 aromatic rings. The number of halogens is 1. The molecule has 3 heteroatoms. The molecular weight excluding hydrogens is 251 g/mol. The van der Waals surface area contributed by atoms with Crippen molar-refractivity contribution >= 4 is 22.9 Å². The average molecular weight is 266 g/mol. The van der Waals surface area contributed by atoms with Crippen LogP contribution in [0, 0.1) is 5.41 Å². The molecule has 0 aromatic carbocycles. The van der Waals surface area contributed by atoms with Crippen molar-refractivity contribution in [3.8, 4) is 0 Å². The zero-order valence-electron chi connectivity index (χ0n) is 6.70. The summed E-state index contributed by atoms with van der Waals surface area (Å²) >= 11 is 2.28. The van der Waals surface area contributed by atoms with E-state index in [1.165, 1.54) is 38.8 Å². The van der Waals surface area contributed by atoms with Gasteiger partial charge in [-0.25, -0.2) is 0 Å². The van der Waals surface area contributed by atoms with Crippen molar-refractivity contribution in [2.75, 3.05) is 13.1 Å². The van der Waals surface area contributed by atoms with Gasteiger partial charge < -0.3 is 5.32 Å². The molecule has 2 fully saturated rings. The summed E-state index contributed by atoms with van der Waals surface area (Å²) in [6.07, 6.45) is 5.64. The SMILES string of the molecule is INC1CC2(CCNCC2)C1. The van der Waals surface area contributed by atoms with Crippen molar-refractivity contribution in [3.05, 3.63) is 0 Å². The molecule has 0 amide bonds. The second-order valence-corrected chi connectivity index (χ2v) is 4.59. The lowest BCUT2D eigenvalue weighted by atomic mass is 9.61. The van der Waals surface area contributed by atoms with Crippen LogP contribution in [0.25, 0.3) is 0 Å². The highest BCUT2D eigenvalue weighted by atomic mass is 127. The van der Waals surface area contributed by atoms with Crippen molar-refractivity contribution in [1.82, 2.24) is 8.85 Å². The summed E-state index contributed by atoms with van der Waals surface area (Å²) in [5, 5.41) is 3.42. The van der Waals surface area contributed by atoms with Gasteiger partial charge in [-0.3, -0.25) is 3.53 Å². The minimum Gasteiger partial charge on any atom is -0.317 e. The normalized spacial score (nSPS) is 30.3. The molecule has 64 valence electrons. The molecule has 0 radical (unpaired) electrons. The van der Waals surface area contributed by atoms with Crippen LogP contribution in [0.1, 0.15) is 25.7 Å². The van der Waals surface area contributed by atoms with Crippen molar-refractivity contribution < 1.29 is 0 Å². The quantitative estimate of drug-likeness (QED) is 0.554. The smallest absolute Gasteiger partial charge is 0.0174 e. The third-order valence-corrected chi connectivity index (χ3v) is 4.06. The first-order valence-corrected chi connectivity index (χ1v) is 5.49. The van der Waals surface area contributed by atoms with Gasteiger partial charge in [0.25, 0.3) is 0 Å². The second kappa shape index (κ2) is 3.18. The summed E-state index contributed by atoms with van der Waals surface area (Å²) < 4.78 is 3.32. The maximum Gasteiger partial charge on any atom is 0.0174 e. The Bertz CT molecular complexity index is 135. The molecule has 0 unspecified atom stereocenters. The van der Waals surface area contributed by atoms with Crippen LogP contribution < -0.4 is 8.85 Å². The van der Waals surface area contributed by atoms with Crippen LogP contribution in [0.15, 0.2) is 0 Å². The van der Waals surface area contributed by atoms with E-state index in [0.717, 1.165) is 11.5 Å². The topological polar surface area (TPSA) is 24.1 Å². The van der Waals surface area contributed by atoms with Crippen LogP contribution in [-0.4, -0.2) is 19.1 Å². The maximum absolute atomic E-state index is 3.42. The fourth-order valence-electron chi connectivity index (χ4n) is 2.43. The van der Waals surface area contributed by atoms with Gasteiger partial charge in [-0.1, -0.05) is 0 Å². The number of rotatable bonds is 1. The van der Waals surface area contributed by atoms with Gasteiger partial charge in [0.05, 0.1) is 0 Å². The Labute approximate surface area is 82.0 Å². The fourth-order valence-corrected chi connectivity index (χ4v) is 2.87. The lowest BCUT2D eigenvalue weighted by molar-refractivity contribution is 0.0594. The van der Waals surface area contributed by atoms with Crippen LogP contribution in [0.4, 0.5) is 0 Å². The molecule has 1 saturated carbocycles. The first-order chi connectivity index (χ1) is 5.35. The summed E-state index contributed by atoms with van der Waals surface area (Å²) in [7, 11) is 0. The van der Waals surface area contributed by atoms with E-state index < -0.39 is 0 Å². The third-order valence-electron chi connectivity index (χ3n) is 3.18. The zero-order chi connectivity index (χ0) is 7.73. The largest absolute Gasteiger partial charge is 0.317 e. The van der Waals surface area contributed by atoms with E-state index in [1.807, 2.05) is 0 Å². The predicted molar refractivity (Wildman–Crippen MR) is 54.7 cm³/mol. The molecule has 2 aliphatic rings. The summed E-state index contributed by atoms with van der Waals surface area (Å²) in [6, 6.07) is 0.814. The number of hydrogen-bond acceptors (Lipinski definition) is 2. The van der Waals surface area contributed by atoms with E-state index in [9.17, 15) is 0 Å². The standard InChI is InChI=1S/C8H15IN2/c9-11-7-5-8(6-7)1-3-10-4-2-8/h7,10-11H,1-6H2. The van der Waals surface area contributed by atoms with Gasteiger partial charge in [0, 0.05) is 28.9 Å².